The van der Waals surface area contributed by atoms with Gasteiger partial charge in [-0.15, -0.1) is 0 Å². The molecule has 2 N–H and O–H groups in total. The van der Waals surface area contributed by atoms with E-state index in [0.29, 0.717) is 6.04 Å². The van der Waals surface area contributed by atoms with E-state index in [1.54, 1.807) is 7.11 Å². The van der Waals surface area contributed by atoms with Crippen LogP contribution in [0.4, 0.5) is 0 Å². The van der Waals surface area contributed by atoms with E-state index in [0.717, 1.165) is 37.2 Å². The highest BCUT2D eigenvalue weighted by Gasteiger charge is 2.20. The van der Waals surface area contributed by atoms with Crippen molar-refractivity contribution in [2.24, 2.45) is 5.73 Å². The van der Waals surface area contributed by atoms with Gasteiger partial charge in [0.25, 0.3) is 0 Å². The predicted octanol–water partition coefficient (Wildman–Crippen LogP) is 2.34. The largest absolute Gasteiger partial charge is 0.497 e. The first-order valence-corrected chi connectivity index (χ1v) is 5.84. The van der Waals surface area contributed by atoms with Crippen molar-refractivity contribution in [2.75, 3.05) is 7.11 Å². The molecular weight excluding hydrogens is 202 g/mol. The molecular formula is C13H19NO2. The molecule has 1 aromatic rings. The molecule has 1 saturated carbocycles. The van der Waals surface area contributed by atoms with Crippen LogP contribution in [0.1, 0.15) is 25.7 Å². The van der Waals surface area contributed by atoms with Crippen molar-refractivity contribution in [2.45, 2.75) is 37.8 Å². The fraction of sp³-hybridized carbons (Fsp3) is 0.538. The lowest BCUT2D eigenvalue weighted by atomic mass is 9.93. The van der Waals surface area contributed by atoms with Crippen molar-refractivity contribution in [3.63, 3.8) is 0 Å². The maximum atomic E-state index is 5.93. The minimum Gasteiger partial charge on any atom is -0.497 e. The Morgan fingerprint density at radius 2 is 2.06 bits per heavy atom. The summed E-state index contributed by atoms with van der Waals surface area (Å²) in [5.41, 5.74) is 5.93. The van der Waals surface area contributed by atoms with Crippen LogP contribution in [-0.4, -0.2) is 19.3 Å². The SMILES string of the molecule is COc1cccc(OC2CCCC(N)C2)c1. The summed E-state index contributed by atoms with van der Waals surface area (Å²) in [6.07, 6.45) is 4.60. The van der Waals surface area contributed by atoms with Gasteiger partial charge in [-0.3, -0.25) is 0 Å². The molecule has 0 bridgehead atoms. The Kier molecular flexibility index (Phi) is 3.67. The molecule has 0 amide bonds. The molecule has 2 atom stereocenters. The van der Waals surface area contributed by atoms with Gasteiger partial charge in [0.2, 0.25) is 0 Å². The molecule has 0 saturated heterocycles. The zero-order valence-corrected chi connectivity index (χ0v) is 9.69. The van der Waals surface area contributed by atoms with Crippen LogP contribution >= 0.6 is 0 Å². The fourth-order valence-corrected chi connectivity index (χ4v) is 2.16. The first-order valence-electron chi connectivity index (χ1n) is 5.84. The molecule has 1 aliphatic rings. The number of benzene rings is 1. The zero-order chi connectivity index (χ0) is 11.4. The molecule has 2 rings (SSSR count). The van der Waals surface area contributed by atoms with E-state index in [1.165, 1.54) is 0 Å². The van der Waals surface area contributed by atoms with Crippen molar-refractivity contribution in [1.29, 1.82) is 0 Å². The molecule has 0 aromatic heterocycles. The number of nitrogens with two attached hydrogens (primary N) is 1. The molecule has 88 valence electrons. The van der Waals surface area contributed by atoms with Crippen molar-refractivity contribution in [1.82, 2.24) is 0 Å². The molecule has 0 aliphatic heterocycles. The van der Waals surface area contributed by atoms with E-state index in [4.69, 9.17) is 15.2 Å². The van der Waals surface area contributed by atoms with Gasteiger partial charge in [-0.1, -0.05) is 6.07 Å². The third-order valence-corrected chi connectivity index (χ3v) is 3.01. The Morgan fingerprint density at radius 1 is 1.25 bits per heavy atom. The molecule has 0 heterocycles. The van der Waals surface area contributed by atoms with Crippen LogP contribution in [0, 0.1) is 0 Å². The van der Waals surface area contributed by atoms with Gasteiger partial charge in [0.05, 0.1) is 7.11 Å². The maximum absolute atomic E-state index is 5.93. The summed E-state index contributed by atoms with van der Waals surface area (Å²) in [4.78, 5) is 0. The zero-order valence-electron chi connectivity index (χ0n) is 9.69. The Labute approximate surface area is 96.5 Å². The van der Waals surface area contributed by atoms with Gasteiger partial charge in [0.15, 0.2) is 0 Å². The Balaban J connectivity index is 1.97. The smallest absolute Gasteiger partial charge is 0.123 e. The van der Waals surface area contributed by atoms with Gasteiger partial charge >= 0.3 is 0 Å². The second-order valence-electron chi connectivity index (χ2n) is 4.35. The highest BCUT2D eigenvalue weighted by molar-refractivity contribution is 5.32. The average molecular weight is 221 g/mol. The van der Waals surface area contributed by atoms with Crippen molar-refractivity contribution in [3.8, 4) is 11.5 Å². The summed E-state index contributed by atoms with van der Waals surface area (Å²) in [5, 5.41) is 0. The molecule has 0 radical (unpaired) electrons. The fourth-order valence-electron chi connectivity index (χ4n) is 2.16. The molecule has 16 heavy (non-hydrogen) atoms. The van der Waals surface area contributed by atoms with Gasteiger partial charge in [-0.05, 0) is 37.8 Å². The molecule has 3 nitrogen and oxygen atoms in total. The summed E-state index contributed by atoms with van der Waals surface area (Å²) < 4.78 is 11.1. The van der Waals surface area contributed by atoms with Gasteiger partial charge in [0.1, 0.15) is 17.6 Å². The van der Waals surface area contributed by atoms with Gasteiger partial charge in [0, 0.05) is 12.1 Å². The lowest BCUT2D eigenvalue weighted by Crippen LogP contribution is -2.33. The highest BCUT2D eigenvalue weighted by atomic mass is 16.5. The van der Waals surface area contributed by atoms with E-state index in [1.807, 2.05) is 24.3 Å². The summed E-state index contributed by atoms with van der Waals surface area (Å²) in [6.45, 7) is 0. The molecule has 1 aliphatic carbocycles. The summed E-state index contributed by atoms with van der Waals surface area (Å²) in [5.74, 6) is 1.70. The third-order valence-electron chi connectivity index (χ3n) is 3.01. The summed E-state index contributed by atoms with van der Waals surface area (Å²) in [6, 6.07) is 8.03. The number of hydrogen-bond acceptors (Lipinski definition) is 3. The van der Waals surface area contributed by atoms with Gasteiger partial charge in [-0.2, -0.15) is 0 Å². The Hall–Kier alpha value is -1.22. The minimum atomic E-state index is 0.260. The standard InChI is InChI=1S/C13H19NO2/c1-15-11-5-3-7-13(9-11)16-12-6-2-4-10(14)8-12/h3,5,7,9-10,12H,2,4,6,8,14H2,1H3. The van der Waals surface area contributed by atoms with E-state index < -0.39 is 0 Å². The van der Waals surface area contributed by atoms with Crippen LogP contribution in [0.5, 0.6) is 11.5 Å². The van der Waals surface area contributed by atoms with Crippen molar-refractivity contribution in [3.05, 3.63) is 24.3 Å². The predicted molar refractivity (Wildman–Crippen MR) is 63.9 cm³/mol. The Bertz CT molecular complexity index is 340. The van der Waals surface area contributed by atoms with Crippen LogP contribution < -0.4 is 15.2 Å². The second kappa shape index (κ2) is 5.21. The first kappa shape index (κ1) is 11.3. The van der Waals surface area contributed by atoms with Crippen LogP contribution in [0.3, 0.4) is 0 Å². The van der Waals surface area contributed by atoms with Crippen LogP contribution in [0.15, 0.2) is 24.3 Å². The van der Waals surface area contributed by atoms with Gasteiger partial charge < -0.3 is 15.2 Å². The van der Waals surface area contributed by atoms with Crippen LogP contribution in [-0.2, 0) is 0 Å². The molecule has 0 spiro atoms. The lowest BCUT2D eigenvalue weighted by Gasteiger charge is -2.27. The number of ether oxygens (including phenoxy) is 2. The minimum absolute atomic E-state index is 0.260. The number of methoxy groups -OCH3 is 1. The topological polar surface area (TPSA) is 44.5 Å². The van der Waals surface area contributed by atoms with Crippen LogP contribution in [0.2, 0.25) is 0 Å². The van der Waals surface area contributed by atoms with Crippen LogP contribution in [0.25, 0.3) is 0 Å². The quantitative estimate of drug-likeness (QED) is 0.852. The Morgan fingerprint density at radius 3 is 2.81 bits per heavy atom. The van der Waals surface area contributed by atoms with Crippen molar-refractivity contribution >= 4 is 0 Å². The molecule has 2 unspecified atom stereocenters. The second-order valence-corrected chi connectivity index (χ2v) is 4.35. The monoisotopic (exact) mass is 221 g/mol. The first-order chi connectivity index (χ1) is 7.78. The van der Waals surface area contributed by atoms with E-state index in [9.17, 15) is 0 Å². The van der Waals surface area contributed by atoms with E-state index in [2.05, 4.69) is 0 Å². The molecule has 3 heteroatoms. The molecule has 1 aromatic carbocycles. The normalized spacial score (nSPS) is 25.1. The third kappa shape index (κ3) is 2.89. The number of hydrogen-bond donors (Lipinski definition) is 1. The number of rotatable bonds is 3. The lowest BCUT2D eigenvalue weighted by molar-refractivity contribution is 0.144. The average Bonchev–Trinajstić information content (AvgIpc) is 2.29. The maximum Gasteiger partial charge on any atom is 0.123 e. The van der Waals surface area contributed by atoms with Crippen molar-refractivity contribution < 1.29 is 9.47 Å². The van der Waals surface area contributed by atoms with E-state index in [-0.39, 0.29) is 6.10 Å². The summed E-state index contributed by atoms with van der Waals surface area (Å²) >= 11 is 0. The van der Waals surface area contributed by atoms with E-state index >= 15 is 0 Å². The van der Waals surface area contributed by atoms with Gasteiger partial charge in [-0.25, -0.2) is 0 Å². The highest BCUT2D eigenvalue weighted by Crippen LogP contribution is 2.25. The summed E-state index contributed by atoms with van der Waals surface area (Å²) in [7, 11) is 1.66. The molecule has 1 fully saturated rings.